The van der Waals surface area contributed by atoms with E-state index in [4.69, 9.17) is 0 Å². The number of nitrogens with zero attached hydrogens (tertiary/aromatic N) is 2. The minimum absolute atomic E-state index is 0.131. The quantitative estimate of drug-likeness (QED) is 0.448. The number of nitro benzene ring substituents is 1. The first-order valence-electron chi connectivity index (χ1n) is 5.06. The SMILES string of the molecule is C=CCCn1ccc2ccc([N+](=O)[O-])cc21. The number of nitro groups is 1. The average Bonchev–Trinajstić information content (AvgIpc) is 2.68. The molecule has 0 fully saturated rings. The molecule has 0 amide bonds. The van der Waals surface area contributed by atoms with E-state index >= 15 is 0 Å². The van der Waals surface area contributed by atoms with Gasteiger partial charge in [0.05, 0.1) is 10.4 Å². The molecule has 0 aliphatic heterocycles. The molecule has 82 valence electrons. The highest BCUT2D eigenvalue weighted by Crippen LogP contribution is 2.22. The molecule has 16 heavy (non-hydrogen) atoms. The van der Waals surface area contributed by atoms with Crippen LogP contribution in [0.25, 0.3) is 10.9 Å². The third-order valence-electron chi connectivity index (χ3n) is 2.54. The number of aryl methyl sites for hydroxylation is 1. The van der Waals surface area contributed by atoms with E-state index in [-0.39, 0.29) is 10.6 Å². The number of non-ortho nitro benzene ring substituents is 1. The van der Waals surface area contributed by atoms with Gasteiger partial charge in [0.25, 0.3) is 5.69 Å². The molecule has 0 aliphatic rings. The molecule has 0 bridgehead atoms. The van der Waals surface area contributed by atoms with Crippen molar-refractivity contribution in [3.63, 3.8) is 0 Å². The molecule has 2 aromatic rings. The highest BCUT2D eigenvalue weighted by Gasteiger charge is 2.08. The van der Waals surface area contributed by atoms with Crippen molar-refractivity contribution in [2.24, 2.45) is 0 Å². The highest BCUT2D eigenvalue weighted by molar-refractivity contribution is 5.82. The van der Waals surface area contributed by atoms with Gasteiger partial charge in [-0.2, -0.15) is 0 Å². The van der Waals surface area contributed by atoms with Crippen LogP contribution in [0.4, 0.5) is 5.69 Å². The maximum atomic E-state index is 10.7. The van der Waals surface area contributed by atoms with Gasteiger partial charge in [0, 0.05) is 30.3 Å². The third kappa shape index (κ3) is 1.82. The number of benzene rings is 1. The molecule has 0 atom stereocenters. The van der Waals surface area contributed by atoms with Gasteiger partial charge in [0.1, 0.15) is 0 Å². The average molecular weight is 216 g/mol. The van der Waals surface area contributed by atoms with Crippen LogP contribution >= 0.6 is 0 Å². The third-order valence-corrected chi connectivity index (χ3v) is 2.54. The van der Waals surface area contributed by atoms with Gasteiger partial charge in [-0.25, -0.2) is 0 Å². The second kappa shape index (κ2) is 4.18. The van der Waals surface area contributed by atoms with Crippen molar-refractivity contribution in [3.05, 3.63) is 53.2 Å². The van der Waals surface area contributed by atoms with Crippen LogP contribution in [0.3, 0.4) is 0 Å². The number of hydrogen-bond acceptors (Lipinski definition) is 2. The summed E-state index contributed by atoms with van der Waals surface area (Å²) in [7, 11) is 0. The largest absolute Gasteiger partial charge is 0.347 e. The molecule has 0 saturated carbocycles. The van der Waals surface area contributed by atoms with Gasteiger partial charge in [-0.15, -0.1) is 6.58 Å². The van der Waals surface area contributed by atoms with Crippen molar-refractivity contribution >= 4 is 16.6 Å². The summed E-state index contributed by atoms with van der Waals surface area (Å²) in [6.07, 6.45) is 4.63. The monoisotopic (exact) mass is 216 g/mol. The molecule has 0 spiro atoms. The van der Waals surface area contributed by atoms with Crippen LogP contribution < -0.4 is 0 Å². The molecule has 4 nitrogen and oxygen atoms in total. The van der Waals surface area contributed by atoms with Crippen molar-refractivity contribution in [3.8, 4) is 0 Å². The van der Waals surface area contributed by atoms with E-state index in [0.29, 0.717) is 0 Å². The lowest BCUT2D eigenvalue weighted by molar-refractivity contribution is -0.384. The molecular formula is C12H12N2O2. The minimum atomic E-state index is -0.371. The van der Waals surface area contributed by atoms with Crippen LogP contribution in [-0.4, -0.2) is 9.49 Å². The van der Waals surface area contributed by atoms with Crippen LogP contribution in [0.15, 0.2) is 43.1 Å². The first kappa shape index (κ1) is 10.4. The van der Waals surface area contributed by atoms with Gasteiger partial charge < -0.3 is 4.57 Å². The summed E-state index contributed by atoms with van der Waals surface area (Å²) in [5.41, 5.74) is 1.03. The van der Waals surface area contributed by atoms with E-state index < -0.39 is 0 Å². The Balaban J connectivity index is 2.46. The van der Waals surface area contributed by atoms with Crippen LogP contribution in [0, 0.1) is 10.1 Å². The molecular weight excluding hydrogens is 204 g/mol. The van der Waals surface area contributed by atoms with E-state index in [9.17, 15) is 10.1 Å². The summed E-state index contributed by atoms with van der Waals surface area (Å²) < 4.78 is 2.00. The molecule has 0 aliphatic carbocycles. The van der Waals surface area contributed by atoms with E-state index in [1.54, 1.807) is 12.1 Å². The Morgan fingerprint density at radius 3 is 2.94 bits per heavy atom. The maximum Gasteiger partial charge on any atom is 0.271 e. The predicted molar refractivity (Wildman–Crippen MR) is 63.4 cm³/mol. The molecule has 1 aromatic heterocycles. The van der Waals surface area contributed by atoms with Crippen molar-refractivity contribution < 1.29 is 4.92 Å². The Labute approximate surface area is 93.0 Å². The fraction of sp³-hybridized carbons (Fsp3) is 0.167. The highest BCUT2D eigenvalue weighted by atomic mass is 16.6. The van der Waals surface area contributed by atoms with Crippen LogP contribution in [0.5, 0.6) is 0 Å². The summed E-state index contributed by atoms with van der Waals surface area (Å²) in [6, 6.07) is 6.87. The summed E-state index contributed by atoms with van der Waals surface area (Å²) >= 11 is 0. The fourth-order valence-corrected chi connectivity index (χ4v) is 1.71. The fourth-order valence-electron chi connectivity index (χ4n) is 1.71. The minimum Gasteiger partial charge on any atom is -0.347 e. The van der Waals surface area contributed by atoms with Crippen LogP contribution in [0.1, 0.15) is 6.42 Å². The van der Waals surface area contributed by atoms with Crippen LogP contribution in [-0.2, 0) is 6.54 Å². The van der Waals surface area contributed by atoms with Crippen molar-refractivity contribution in [2.75, 3.05) is 0 Å². The number of fused-ring (bicyclic) bond motifs is 1. The summed E-state index contributed by atoms with van der Waals surface area (Å²) in [6.45, 7) is 4.46. The number of aromatic nitrogens is 1. The van der Waals surface area contributed by atoms with Crippen LogP contribution in [0.2, 0.25) is 0 Å². The zero-order chi connectivity index (χ0) is 11.5. The Kier molecular flexibility index (Phi) is 2.72. The predicted octanol–water partition coefficient (Wildman–Crippen LogP) is 3.13. The molecule has 1 heterocycles. The molecule has 1 aromatic carbocycles. The summed E-state index contributed by atoms with van der Waals surface area (Å²) in [5.74, 6) is 0. The second-order valence-electron chi connectivity index (χ2n) is 3.59. The lowest BCUT2D eigenvalue weighted by atomic mass is 10.2. The Bertz CT molecular complexity index is 543. The van der Waals surface area contributed by atoms with Gasteiger partial charge in [-0.3, -0.25) is 10.1 Å². The van der Waals surface area contributed by atoms with Gasteiger partial charge in [0.15, 0.2) is 0 Å². The van der Waals surface area contributed by atoms with E-state index in [1.807, 2.05) is 22.9 Å². The molecule has 0 radical (unpaired) electrons. The lowest BCUT2D eigenvalue weighted by Crippen LogP contribution is -1.95. The first-order valence-corrected chi connectivity index (χ1v) is 5.06. The van der Waals surface area contributed by atoms with E-state index in [0.717, 1.165) is 23.9 Å². The van der Waals surface area contributed by atoms with Crippen molar-refractivity contribution in [2.45, 2.75) is 13.0 Å². The van der Waals surface area contributed by atoms with Crippen molar-refractivity contribution in [1.29, 1.82) is 0 Å². The number of rotatable bonds is 4. The first-order chi connectivity index (χ1) is 7.72. The summed E-state index contributed by atoms with van der Waals surface area (Å²) in [5, 5.41) is 11.7. The second-order valence-corrected chi connectivity index (χ2v) is 3.59. The standard InChI is InChI=1S/C12H12N2O2/c1-2-3-7-13-8-6-10-4-5-11(14(15)16)9-12(10)13/h2,4-6,8-9H,1,3,7H2. The van der Waals surface area contributed by atoms with Gasteiger partial charge in [-0.1, -0.05) is 6.08 Å². The normalized spacial score (nSPS) is 10.5. The Morgan fingerprint density at radius 2 is 2.25 bits per heavy atom. The number of hydrogen-bond donors (Lipinski definition) is 0. The molecule has 0 N–H and O–H groups in total. The van der Waals surface area contributed by atoms with E-state index in [1.165, 1.54) is 6.07 Å². The molecule has 4 heteroatoms. The smallest absolute Gasteiger partial charge is 0.271 e. The maximum absolute atomic E-state index is 10.7. The molecule has 0 saturated heterocycles. The lowest BCUT2D eigenvalue weighted by Gasteiger charge is -2.02. The van der Waals surface area contributed by atoms with Crippen molar-refractivity contribution in [1.82, 2.24) is 4.57 Å². The van der Waals surface area contributed by atoms with E-state index in [2.05, 4.69) is 6.58 Å². The zero-order valence-corrected chi connectivity index (χ0v) is 8.80. The van der Waals surface area contributed by atoms with Gasteiger partial charge >= 0.3 is 0 Å². The topological polar surface area (TPSA) is 48.1 Å². The van der Waals surface area contributed by atoms with Gasteiger partial charge in [-0.05, 0) is 18.6 Å². The Hall–Kier alpha value is -2.10. The molecule has 0 unspecified atom stereocenters. The Morgan fingerprint density at radius 1 is 1.44 bits per heavy atom. The van der Waals surface area contributed by atoms with Gasteiger partial charge in [0.2, 0.25) is 0 Å². The number of allylic oxidation sites excluding steroid dienone is 1. The zero-order valence-electron chi connectivity index (χ0n) is 8.80. The molecule has 2 rings (SSSR count). The summed E-state index contributed by atoms with van der Waals surface area (Å²) in [4.78, 5) is 10.3.